The first kappa shape index (κ1) is 15.6. The van der Waals surface area contributed by atoms with Gasteiger partial charge in [0.1, 0.15) is 0 Å². The van der Waals surface area contributed by atoms with Crippen LogP contribution in [0, 0.1) is 0 Å². The zero-order valence-corrected chi connectivity index (χ0v) is 13.5. The summed E-state index contributed by atoms with van der Waals surface area (Å²) in [6, 6.07) is 11.9. The predicted octanol–water partition coefficient (Wildman–Crippen LogP) is 2.73. The number of amides is 1. The number of pyridine rings is 1. The Morgan fingerprint density at radius 3 is 2.87 bits per heavy atom. The molecule has 0 fully saturated rings. The van der Waals surface area contributed by atoms with Gasteiger partial charge in [0, 0.05) is 35.8 Å². The molecule has 0 bridgehead atoms. The lowest BCUT2D eigenvalue weighted by Gasteiger charge is -2.06. The van der Waals surface area contributed by atoms with Crippen molar-refractivity contribution in [3.8, 4) is 0 Å². The van der Waals surface area contributed by atoms with E-state index in [0.717, 1.165) is 28.8 Å². The SMILES string of the molecule is O=C(CSc1ccncc1)NCCCn1ncc2ccccc21. The molecule has 5 nitrogen and oxygen atoms in total. The van der Waals surface area contributed by atoms with Gasteiger partial charge in [-0.15, -0.1) is 11.8 Å². The highest BCUT2D eigenvalue weighted by atomic mass is 32.2. The van der Waals surface area contributed by atoms with Gasteiger partial charge in [0.2, 0.25) is 5.91 Å². The Balaban J connectivity index is 1.39. The summed E-state index contributed by atoms with van der Waals surface area (Å²) in [6.07, 6.45) is 6.19. The molecule has 3 rings (SSSR count). The molecule has 1 amide bonds. The fourth-order valence-corrected chi connectivity index (χ4v) is 3.01. The van der Waals surface area contributed by atoms with E-state index in [1.54, 1.807) is 12.4 Å². The molecule has 6 heteroatoms. The van der Waals surface area contributed by atoms with Gasteiger partial charge in [-0.05, 0) is 24.6 Å². The molecule has 0 saturated carbocycles. The Morgan fingerprint density at radius 1 is 1.17 bits per heavy atom. The zero-order chi connectivity index (χ0) is 15.9. The molecule has 1 aromatic carbocycles. The van der Waals surface area contributed by atoms with Crippen molar-refractivity contribution in [2.75, 3.05) is 12.3 Å². The number of benzene rings is 1. The van der Waals surface area contributed by atoms with E-state index in [2.05, 4.69) is 27.5 Å². The number of fused-ring (bicyclic) bond motifs is 1. The lowest BCUT2D eigenvalue weighted by Crippen LogP contribution is -2.26. The molecule has 1 N–H and O–H groups in total. The third-order valence-corrected chi connectivity index (χ3v) is 4.45. The number of nitrogens with one attached hydrogen (secondary N) is 1. The summed E-state index contributed by atoms with van der Waals surface area (Å²) in [6.45, 7) is 1.45. The number of nitrogens with zero attached hydrogens (tertiary/aromatic N) is 3. The number of carbonyl (C=O) groups excluding carboxylic acids is 1. The zero-order valence-electron chi connectivity index (χ0n) is 12.7. The van der Waals surface area contributed by atoms with E-state index in [1.165, 1.54) is 11.8 Å². The Morgan fingerprint density at radius 2 is 2.00 bits per heavy atom. The van der Waals surface area contributed by atoms with E-state index in [1.807, 2.05) is 35.1 Å². The molecule has 118 valence electrons. The summed E-state index contributed by atoms with van der Waals surface area (Å²) in [5, 5.41) is 8.47. The van der Waals surface area contributed by atoms with Gasteiger partial charge in [0.05, 0.1) is 17.5 Å². The maximum Gasteiger partial charge on any atom is 0.230 e. The van der Waals surface area contributed by atoms with Gasteiger partial charge in [0.15, 0.2) is 0 Å². The van der Waals surface area contributed by atoms with Gasteiger partial charge in [-0.3, -0.25) is 14.5 Å². The largest absolute Gasteiger partial charge is 0.355 e. The average molecular weight is 326 g/mol. The second kappa shape index (κ2) is 7.78. The Bertz CT molecular complexity index is 772. The van der Waals surface area contributed by atoms with Crippen LogP contribution in [0.2, 0.25) is 0 Å². The van der Waals surface area contributed by atoms with Crippen LogP contribution in [0.5, 0.6) is 0 Å². The predicted molar refractivity (Wildman–Crippen MR) is 92.3 cm³/mol. The first-order valence-electron chi connectivity index (χ1n) is 7.53. The minimum atomic E-state index is 0.0529. The number of thioether (sulfide) groups is 1. The van der Waals surface area contributed by atoms with Crippen LogP contribution in [0.15, 0.2) is 59.9 Å². The molecule has 0 unspecified atom stereocenters. The number of hydrogen-bond acceptors (Lipinski definition) is 4. The Kier molecular flexibility index (Phi) is 5.26. The maximum absolute atomic E-state index is 11.8. The van der Waals surface area contributed by atoms with E-state index >= 15 is 0 Å². The number of carbonyl (C=O) groups is 1. The Hall–Kier alpha value is -2.34. The van der Waals surface area contributed by atoms with Crippen molar-refractivity contribution < 1.29 is 4.79 Å². The first-order valence-corrected chi connectivity index (χ1v) is 8.51. The highest BCUT2D eigenvalue weighted by molar-refractivity contribution is 8.00. The van der Waals surface area contributed by atoms with E-state index < -0.39 is 0 Å². The highest BCUT2D eigenvalue weighted by Crippen LogP contribution is 2.15. The molecular formula is C17H18N4OS. The van der Waals surface area contributed by atoms with Crippen LogP contribution < -0.4 is 5.32 Å². The smallest absolute Gasteiger partial charge is 0.230 e. The van der Waals surface area contributed by atoms with Crippen molar-refractivity contribution in [3.05, 3.63) is 55.0 Å². The molecule has 0 aliphatic heterocycles. The van der Waals surface area contributed by atoms with Crippen molar-refractivity contribution in [2.24, 2.45) is 0 Å². The molecule has 0 aliphatic rings. The number of aryl methyl sites for hydroxylation is 1. The molecule has 0 spiro atoms. The normalized spacial score (nSPS) is 10.8. The van der Waals surface area contributed by atoms with Crippen molar-refractivity contribution in [1.29, 1.82) is 0 Å². The summed E-state index contributed by atoms with van der Waals surface area (Å²) in [5.41, 5.74) is 1.13. The van der Waals surface area contributed by atoms with Gasteiger partial charge in [0.25, 0.3) is 0 Å². The standard InChI is InChI=1S/C17H18N4OS/c22-17(13-23-15-6-9-18-10-7-15)19-8-3-11-21-16-5-2-1-4-14(16)12-20-21/h1-2,4-7,9-10,12H,3,8,11,13H2,(H,19,22). The molecular weight excluding hydrogens is 308 g/mol. The lowest BCUT2D eigenvalue weighted by molar-refractivity contribution is -0.118. The molecule has 3 aromatic rings. The first-order chi connectivity index (χ1) is 11.3. The molecule has 0 radical (unpaired) electrons. The topological polar surface area (TPSA) is 59.8 Å². The number of aromatic nitrogens is 3. The number of rotatable bonds is 7. The average Bonchev–Trinajstić information content (AvgIpc) is 3.01. The van der Waals surface area contributed by atoms with Crippen molar-refractivity contribution in [2.45, 2.75) is 17.9 Å². The summed E-state index contributed by atoms with van der Waals surface area (Å²) >= 11 is 1.52. The summed E-state index contributed by atoms with van der Waals surface area (Å²) in [7, 11) is 0. The second-order valence-corrected chi connectivity index (χ2v) is 6.15. The van der Waals surface area contributed by atoms with Crippen LogP contribution in [0.4, 0.5) is 0 Å². The minimum absolute atomic E-state index is 0.0529. The van der Waals surface area contributed by atoms with Crippen LogP contribution in [0.25, 0.3) is 10.9 Å². The molecule has 23 heavy (non-hydrogen) atoms. The molecule has 2 heterocycles. The highest BCUT2D eigenvalue weighted by Gasteiger charge is 2.04. The number of para-hydroxylation sites is 1. The third kappa shape index (κ3) is 4.32. The minimum Gasteiger partial charge on any atom is -0.355 e. The monoisotopic (exact) mass is 326 g/mol. The maximum atomic E-state index is 11.8. The molecule has 0 atom stereocenters. The van der Waals surface area contributed by atoms with Crippen LogP contribution in [-0.4, -0.2) is 33.0 Å². The van der Waals surface area contributed by atoms with E-state index in [-0.39, 0.29) is 5.91 Å². The number of hydrogen-bond donors (Lipinski definition) is 1. The van der Waals surface area contributed by atoms with E-state index in [9.17, 15) is 4.79 Å². The summed E-state index contributed by atoms with van der Waals surface area (Å²) in [4.78, 5) is 16.8. The Labute approximate surface area is 139 Å². The van der Waals surface area contributed by atoms with Crippen LogP contribution in [0.1, 0.15) is 6.42 Å². The van der Waals surface area contributed by atoms with Crippen LogP contribution >= 0.6 is 11.8 Å². The fraction of sp³-hybridized carbons (Fsp3) is 0.235. The molecule has 2 aromatic heterocycles. The van der Waals surface area contributed by atoms with Gasteiger partial charge in [-0.25, -0.2) is 0 Å². The fourth-order valence-electron chi connectivity index (χ4n) is 2.30. The molecule has 0 aliphatic carbocycles. The van der Waals surface area contributed by atoms with Gasteiger partial charge in [-0.1, -0.05) is 18.2 Å². The lowest BCUT2D eigenvalue weighted by atomic mass is 10.2. The van der Waals surface area contributed by atoms with Crippen molar-refractivity contribution in [3.63, 3.8) is 0 Å². The quantitative estimate of drug-likeness (QED) is 0.536. The van der Waals surface area contributed by atoms with E-state index in [0.29, 0.717) is 12.3 Å². The van der Waals surface area contributed by atoms with Crippen molar-refractivity contribution >= 4 is 28.6 Å². The van der Waals surface area contributed by atoms with Gasteiger partial charge >= 0.3 is 0 Å². The van der Waals surface area contributed by atoms with Crippen molar-refractivity contribution in [1.82, 2.24) is 20.1 Å². The summed E-state index contributed by atoms with van der Waals surface area (Å²) < 4.78 is 1.98. The van der Waals surface area contributed by atoms with Crippen LogP contribution in [0.3, 0.4) is 0 Å². The second-order valence-electron chi connectivity index (χ2n) is 5.10. The molecule has 0 saturated heterocycles. The van der Waals surface area contributed by atoms with Gasteiger partial charge < -0.3 is 5.32 Å². The van der Waals surface area contributed by atoms with E-state index in [4.69, 9.17) is 0 Å². The summed E-state index contributed by atoms with van der Waals surface area (Å²) in [5.74, 6) is 0.478. The van der Waals surface area contributed by atoms with Gasteiger partial charge in [-0.2, -0.15) is 5.10 Å². The van der Waals surface area contributed by atoms with Crippen LogP contribution in [-0.2, 0) is 11.3 Å². The third-order valence-electron chi connectivity index (χ3n) is 3.44.